The molecule has 6 heteroatoms. The van der Waals surface area contributed by atoms with Crippen molar-refractivity contribution in [1.82, 2.24) is 4.67 Å². The monoisotopic (exact) mass is 366 g/mol. The van der Waals surface area contributed by atoms with Gasteiger partial charge in [-0.05, 0) is 22.5 Å². The van der Waals surface area contributed by atoms with Crippen LogP contribution in [-0.2, 0) is 15.4 Å². The maximum Gasteiger partial charge on any atom is 0.371 e. The van der Waals surface area contributed by atoms with Crippen molar-refractivity contribution in [2.45, 2.75) is 66.2 Å². The normalized spacial score (nSPS) is 22.4. The van der Waals surface area contributed by atoms with Crippen LogP contribution in [0.1, 0.15) is 72.1 Å². The molecule has 1 aliphatic rings. The largest absolute Gasteiger partial charge is 0.427 e. The van der Waals surface area contributed by atoms with E-state index in [-0.39, 0.29) is 16.3 Å². The highest BCUT2D eigenvalue weighted by Crippen LogP contribution is 2.62. The molecular weight excluding hydrogens is 335 g/mol. The molecule has 1 atom stereocenters. The number of benzene rings is 1. The van der Waals surface area contributed by atoms with Crippen molar-refractivity contribution in [3.63, 3.8) is 0 Å². The Morgan fingerprint density at radius 3 is 2.04 bits per heavy atom. The SMILES string of the molecule is CCN(CC)P1(=O)Oc2c(cc(C(C)(C)C)cc2C(C)(C)C)/C1=N/O. The third kappa shape index (κ3) is 3.37. The third-order valence-corrected chi connectivity index (χ3v) is 7.29. The highest BCUT2D eigenvalue weighted by Gasteiger charge is 2.48. The minimum atomic E-state index is -3.41. The highest BCUT2D eigenvalue weighted by molar-refractivity contribution is 7.76. The van der Waals surface area contributed by atoms with Crippen LogP contribution in [0.3, 0.4) is 0 Å². The van der Waals surface area contributed by atoms with Crippen LogP contribution in [0, 0.1) is 0 Å². The Kier molecular flexibility index (Phi) is 5.15. The molecule has 1 aromatic carbocycles. The highest BCUT2D eigenvalue weighted by atomic mass is 31.2. The molecule has 0 fully saturated rings. The average molecular weight is 366 g/mol. The van der Waals surface area contributed by atoms with Crippen LogP contribution in [-0.4, -0.2) is 28.4 Å². The van der Waals surface area contributed by atoms with Gasteiger partial charge in [-0.15, -0.1) is 0 Å². The van der Waals surface area contributed by atoms with Crippen LogP contribution in [0.15, 0.2) is 17.3 Å². The Balaban J connectivity index is 2.80. The molecule has 0 saturated carbocycles. The van der Waals surface area contributed by atoms with Crippen molar-refractivity contribution in [1.29, 1.82) is 0 Å². The lowest BCUT2D eigenvalue weighted by molar-refractivity contribution is 0.319. The molecule has 0 saturated heterocycles. The number of oxime groups is 1. The zero-order chi connectivity index (χ0) is 19.2. The molecule has 1 aliphatic heterocycles. The van der Waals surface area contributed by atoms with E-state index in [4.69, 9.17) is 4.52 Å². The fourth-order valence-electron chi connectivity index (χ4n) is 3.10. The second kappa shape index (κ2) is 6.44. The summed E-state index contributed by atoms with van der Waals surface area (Å²) in [5.74, 6) is 0.587. The van der Waals surface area contributed by atoms with Gasteiger partial charge in [-0.2, -0.15) is 0 Å². The predicted octanol–water partition coefficient (Wildman–Crippen LogP) is 5.34. The first kappa shape index (κ1) is 20.0. The summed E-state index contributed by atoms with van der Waals surface area (Å²) in [5.41, 5.74) is 2.62. The predicted molar refractivity (Wildman–Crippen MR) is 103 cm³/mol. The Bertz CT molecular complexity index is 738. The lowest BCUT2D eigenvalue weighted by atomic mass is 9.79. The van der Waals surface area contributed by atoms with E-state index in [2.05, 4.69) is 52.8 Å². The Morgan fingerprint density at radius 2 is 1.64 bits per heavy atom. The molecule has 1 heterocycles. The first-order chi connectivity index (χ1) is 11.4. The van der Waals surface area contributed by atoms with E-state index in [0.717, 1.165) is 11.1 Å². The van der Waals surface area contributed by atoms with Crippen molar-refractivity contribution in [2.75, 3.05) is 13.1 Å². The van der Waals surface area contributed by atoms with E-state index in [0.29, 0.717) is 24.4 Å². The topological polar surface area (TPSA) is 62.1 Å². The van der Waals surface area contributed by atoms with Gasteiger partial charge in [-0.1, -0.05) is 66.6 Å². The minimum Gasteiger partial charge on any atom is -0.427 e. The maximum atomic E-state index is 13.6. The minimum absolute atomic E-state index is 0.0859. The molecule has 1 N–H and O–H groups in total. The summed E-state index contributed by atoms with van der Waals surface area (Å²) in [6.07, 6.45) is 0. The molecule has 0 bridgehead atoms. The van der Waals surface area contributed by atoms with Gasteiger partial charge >= 0.3 is 7.52 Å². The van der Waals surface area contributed by atoms with Crippen LogP contribution < -0.4 is 4.52 Å². The van der Waals surface area contributed by atoms with Crippen molar-refractivity contribution < 1.29 is 14.3 Å². The number of rotatable bonds is 3. The van der Waals surface area contributed by atoms with E-state index in [1.165, 1.54) is 0 Å². The van der Waals surface area contributed by atoms with Crippen molar-refractivity contribution in [2.24, 2.45) is 5.16 Å². The molecule has 5 nitrogen and oxygen atoms in total. The second-order valence-corrected chi connectivity index (χ2v) is 10.8. The Labute approximate surface area is 151 Å². The third-order valence-electron chi connectivity index (χ3n) is 4.68. The van der Waals surface area contributed by atoms with Gasteiger partial charge in [0.2, 0.25) is 5.45 Å². The first-order valence-corrected chi connectivity index (χ1v) is 10.4. The maximum absolute atomic E-state index is 13.6. The molecule has 0 radical (unpaired) electrons. The quantitative estimate of drug-likeness (QED) is 0.445. The summed E-state index contributed by atoms with van der Waals surface area (Å²) >= 11 is 0. The molecular formula is C19H31N2O3P. The van der Waals surface area contributed by atoms with E-state index in [1.54, 1.807) is 4.67 Å². The van der Waals surface area contributed by atoms with Gasteiger partial charge in [0.1, 0.15) is 5.75 Å². The van der Waals surface area contributed by atoms with Gasteiger partial charge in [0.05, 0.1) is 5.56 Å². The molecule has 0 spiro atoms. The molecule has 140 valence electrons. The summed E-state index contributed by atoms with van der Waals surface area (Å²) in [5, 5.41) is 13.1. The summed E-state index contributed by atoms with van der Waals surface area (Å²) in [6.45, 7) is 17.7. The van der Waals surface area contributed by atoms with Gasteiger partial charge in [0.15, 0.2) is 0 Å². The lowest BCUT2D eigenvalue weighted by Crippen LogP contribution is -2.24. The van der Waals surface area contributed by atoms with E-state index >= 15 is 0 Å². The average Bonchev–Trinajstić information content (AvgIpc) is 2.77. The number of fused-ring (bicyclic) bond motifs is 1. The van der Waals surface area contributed by atoms with Crippen molar-refractivity contribution >= 4 is 13.0 Å². The summed E-state index contributed by atoms with van der Waals surface area (Å²) in [6, 6.07) is 4.09. The lowest BCUT2D eigenvalue weighted by Gasteiger charge is -2.27. The summed E-state index contributed by atoms with van der Waals surface area (Å²) in [4.78, 5) is 0. The van der Waals surface area contributed by atoms with Gasteiger partial charge in [-0.25, -0.2) is 4.67 Å². The van der Waals surface area contributed by atoms with Gasteiger partial charge in [-0.3, -0.25) is 4.57 Å². The smallest absolute Gasteiger partial charge is 0.371 e. The molecule has 1 unspecified atom stereocenters. The van der Waals surface area contributed by atoms with Crippen LogP contribution in [0.4, 0.5) is 0 Å². The zero-order valence-corrected chi connectivity index (χ0v) is 17.6. The van der Waals surface area contributed by atoms with E-state index in [9.17, 15) is 9.77 Å². The number of hydrogen-bond donors (Lipinski definition) is 1. The fraction of sp³-hybridized carbons (Fsp3) is 0.632. The first-order valence-electron chi connectivity index (χ1n) is 8.87. The van der Waals surface area contributed by atoms with E-state index in [1.807, 2.05) is 19.9 Å². The molecule has 2 rings (SSSR count). The molecule has 0 amide bonds. The Hall–Kier alpha value is -1.32. The van der Waals surface area contributed by atoms with Crippen LogP contribution in [0.25, 0.3) is 0 Å². The van der Waals surface area contributed by atoms with Gasteiger partial charge in [0, 0.05) is 18.7 Å². The number of nitrogens with zero attached hydrogens (tertiary/aromatic N) is 2. The molecule has 25 heavy (non-hydrogen) atoms. The Morgan fingerprint density at radius 1 is 1.08 bits per heavy atom. The van der Waals surface area contributed by atoms with Gasteiger partial charge in [0.25, 0.3) is 0 Å². The van der Waals surface area contributed by atoms with Crippen LogP contribution in [0.2, 0.25) is 0 Å². The molecule has 0 aliphatic carbocycles. The second-order valence-electron chi connectivity index (χ2n) is 8.57. The standard InChI is InChI=1S/C19H31N2O3P/c1-9-21(10-2)25(23)17(20-22)14-11-13(18(3,4)5)12-15(16(14)24-25)19(6,7)8/h11-12,22H,9-10H2,1-8H3/b20-17-. The van der Waals surface area contributed by atoms with Crippen molar-refractivity contribution in [3.8, 4) is 5.75 Å². The molecule has 0 aromatic heterocycles. The van der Waals surface area contributed by atoms with Crippen molar-refractivity contribution in [3.05, 3.63) is 28.8 Å². The summed E-state index contributed by atoms with van der Waals surface area (Å²) < 4.78 is 21.4. The molecule has 1 aromatic rings. The van der Waals surface area contributed by atoms with Gasteiger partial charge < -0.3 is 9.73 Å². The van der Waals surface area contributed by atoms with Crippen LogP contribution in [0.5, 0.6) is 5.75 Å². The van der Waals surface area contributed by atoms with Crippen LogP contribution >= 0.6 is 7.52 Å². The zero-order valence-electron chi connectivity index (χ0n) is 16.7. The number of hydrogen-bond acceptors (Lipinski definition) is 4. The summed E-state index contributed by atoms with van der Waals surface area (Å²) in [7, 11) is -3.41. The van der Waals surface area contributed by atoms with E-state index < -0.39 is 7.52 Å². The fourth-order valence-corrected chi connectivity index (χ4v) is 5.34.